The number of rotatable bonds is 6. The topological polar surface area (TPSA) is 85.6 Å². The number of thiophene rings is 1. The molecule has 7 heteroatoms. The van der Waals surface area contributed by atoms with Gasteiger partial charge in [0.05, 0.1) is 11.4 Å². The number of benzene rings is 1. The van der Waals surface area contributed by atoms with Crippen molar-refractivity contribution >= 4 is 34.0 Å². The molecule has 0 radical (unpaired) electrons. The van der Waals surface area contributed by atoms with Crippen LogP contribution in [0.3, 0.4) is 0 Å². The average Bonchev–Trinajstić information content (AvgIpc) is 3.06. The molecular weight excluding hydrogens is 354 g/mol. The Kier molecular flexibility index (Phi) is 5.18. The van der Waals surface area contributed by atoms with Gasteiger partial charge in [-0.1, -0.05) is 0 Å². The van der Waals surface area contributed by atoms with E-state index in [-0.39, 0.29) is 18.3 Å². The van der Waals surface area contributed by atoms with Gasteiger partial charge in [0, 0.05) is 29.3 Å². The number of hydrogen-bond acceptors (Lipinski definition) is 6. The van der Waals surface area contributed by atoms with Crippen LogP contribution < -0.4 is 15.7 Å². The highest BCUT2D eigenvalue weighted by Gasteiger charge is 2.11. The van der Waals surface area contributed by atoms with Gasteiger partial charge in [-0.05, 0) is 36.8 Å². The van der Waals surface area contributed by atoms with Crippen molar-refractivity contribution in [2.45, 2.75) is 20.4 Å². The summed E-state index contributed by atoms with van der Waals surface area (Å²) in [6.07, 6.45) is 0. The van der Waals surface area contributed by atoms with Crippen molar-refractivity contribution in [2.24, 2.45) is 0 Å². The zero-order valence-corrected chi connectivity index (χ0v) is 15.1. The molecule has 2 aromatic heterocycles. The normalized spacial score (nSPS) is 10.7. The molecule has 1 N–H and O–H groups in total. The van der Waals surface area contributed by atoms with Crippen molar-refractivity contribution in [1.29, 1.82) is 0 Å². The summed E-state index contributed by atoms with van der Waals surface area (Å²) in [5.74, 6) is 0.178. The lowest BCUT2D eigenvalue weighted by Gasteiger charge is -2.06. The third kappa shape index (κ3) is 4.18. The van der Waals surface area contributed by atoms with E-state index in [1.807, 2.05) is 6.92 Å². The van der Waals surface area contributed by atoms with E-state index in [0.29, 0.717) is 22.8 Å². The zero-order chi connectivity index (χ0) is 18.7. The highest BCUT2D eigenvalue weighted by atomic mass is 32.1. The van der Waals surface area contributed by atoms with E-state index in [0.717, 1.165) is 15.8 Å². The summed E-state index contributed by atoms with van der Waals surface area (Å²) in [6.45, 7) is 3.55. The monoisotopic (exact) mass is 371 g/mol. The molecular formula is C19H17NO5S. The molecule has 0 spiro atoms. The second-order valence-electron chi connectivity index (χ2n) is 5.79. The predicted molar refractivity (Wildman–Crippen MR) is 98.9 cm³/mol. The van der Waals surface area contributed by atoms with E-state index in [2.05, 4.69) is 5.32 Å². The molecule has 0 unspecified atom stereocenters. The Morgan fingerprint density at radius 1 is 1.19 bits per heavy atom. The number of ether oxygens (including phenoxy) is 1. The Hall–Kier alpha value is -2.93. The van der Waals surface area contributed by atoms with Crippen LogP contribution in [0.2, 0.25) is 0 Å². The fourth-order valence-electron chi connectivity index (χ4n) is 2.45. The van der Waals surface area contributed by atoms with Crippen molar-refractivity contribution < 1.29 is 18.7 Å². The van der Waals surface area contributed by atoms with Crippen molar-refractivity contribution in [3.05, 3.63) is 62.1 Å². The van der Waals surface area contributed by atoms with Gasteiger partial charge in [0.2, 0.25) is 11.7 Å². The molecule has 1 aromatic carbocycles. The molecule has 0 aliphatic heterocycles. The fourth-order valence-corrected chi connectivity index (χ4v) is 3.32. The molecule has 6 nitrogen and oxygen atoms in total. The minimum atomic E-state index is -0.423. The summed E-state index contributed by atoms with van der Waals surface area (Å²) >= 11 is 1.32. The zero-order valence-electron chi connectivity index (χ0n) is 14.3. The van der Waals surface area contributed by atoms with E-state index in [1.54, 1.807) is 30.3 Å². The molecule has 0 saturated carbocycles. The minimum absolute atomic E-state index is 0.118. The molecule has 3 aromatic rings. The van der Waals surface area contributed by atoms with Gasteiger partial charge in [-0.15, -0.1) is 11.3 Å². The number of carbonyl (C=O) groups excluding carboxylic acids is 2. The van der Waals surface area contributed by atoms with Crippen LogP contribution in [-0.4, -0.2) is 18.3 Å². The van der Waals surface area contributed by atoms with Crippen molar-refractivity contribution in [1.82, 2.24) is 5.32 Å². The van der Waals surface area contributed by atoms with Gasteiger partial charge >= 0.3 is 5.63 Å². The number of nitrogens with one attached hydrogen (secondary N) is 1. The molecule has 26 heavy (non-hydrogen) atoms. The summed E-state index contributed by atoms with van der Waals surface area (Å²) in [4.78, 5) is 36.1. The van der Waals surface area contributed by atoms with Crippen LogP contribution in [0.25, 0.3) is 11.0 Å². The molecule has 1 amide bonds. The number of Topliss-reactive ketones (excluding diaryl/α,β-unsaturated/α-hetero) is 1. The maximum absolute atomic E-state index is 12.3. The van der Waals surface area contributed by atoms with Crippen LogP contribution in [-0.2, 0) is 11.3 Å². The molecule has 0 aliphatic carbocycles. The Balaban J connectivity index is 1.67. The first-order valence-electron chi connectivity index (χ1n) is 7.96. The summed E-state index contributed by atoms with van der Waals surface area (Å²) in [7, 11) is 0. The van der Waals surface area contributed by atoms with Crippen molar-refractivity contribution in [2.75, 3.05) is 6.61 Å². The number of fused-ring (bicyclic) bond motifs is 1. The van der Waals surface area contributed by atoms with Gasteiger partial charge in [-0.3, -0.25) is 9.59 Å². The van der Waals surface area contributed by atoms with Crippen molar-refractivity contribution in [3.8, 4) is 5.75 Å². The van der Waals surface area contributed by atoms with E-state index < -0.39 is 5.63 Å². The van der Waals surface area contributed by atoms with Crippen LogP contribution in [0.1, 0.15) is 27.0 Å². The third-order valence-electron chi connectivity index (χ3n) is 3.74. The Labute approximate surface area is 153 Å². The van der Waals surface area contributed by atoms with Gasteiger partial charge in [0.1, 0.15) is 11.3 Å². The maximum Gasteiger partial charge on any atom is 0.336 e. The fraction of sp³-hybridized carbons (Fsp3) is 0.211. The Morgan fingerprint density at radius 3 is 2.77 bits per heavy atom. The number of carbonyl (C=O) groups is 2. The highest BCUT2D eigenvalue weighted by molar-refractivity contribution is 7.14. The van der Waals surface area contributed by atoms with E-state index in [4.69, 9.17) is 9.15 Å². The van der Waals surface area contributed by atoms with E-state index in [1.165, 1.54) is 24.3 Å². The van der Waals surface area contributed by atoms with Crippen molar-refractivity contribution in [3.63, 3.8) is 0 Å². The van der Waals surface area contributed by atoms with Crippen LogP contribution in [0.4, 0.5) is 0 Å². The van der Waals surface area contributed by atoms with Gasteiger partial charge < -0.3 is 14.5 Å². The second kappa shape index (κ2) is 7.53. The summed E-state index contributed by atoms with van der Waals surface area (Å²) < 4.78 is 10.7. The smallest absolute Gasteiger partial charge is 0.336 e. The summed E-state index contributed by atoms with van der Waals surface area (Å²) in [6, 6.07) is 10.1. The van der Waals surface area contributed by atoms with E-state index >= 15 is 0 Å². The summed E-state index contributed by atoms with van der Waals surface area (Å²) in [5, 5.41) is 3.51. The number of ketones is 1. The third-order valence-corrected chi connectivity index (χ3v) is 4.87. The minimum Gasteiger partial charge on any atom is -0.485 e. The van der Waals surface area contributed by atoms with Gasteiger partial charge in [-0.25, -0.2) is 4.79 Å². The first kappa shape index (κ1) is 17.9. The van der Waals surface area contributed by atoms with Crippen LogP contribution >= 0.6 is 11.3 Å². The maximum atomic E-state index is 12.3. The molecule has 0 saturated heterocycles. The molecule has 2 heterocycles. The summed E-state index contributed by atoms with van der Waals surface area (Å²) in [5.41, 5.74) is 0.825. The van der Waals surface area contributed by atoms with Crippen LogP contribution in [0, 0.1) is 6.92 Å². The standard InChI is InChI=1S/C19H17NO5S/c1-11-7-19(23)25-17-8-13(3-5-15(11)17)24-10-16(22)18-6-4-14(26-18)9-20-12(2)21/h3-8H,9-10H2,1-2H3,(H,20,21). The SMILES string of the molecule is CC(=O)NCc1ccc(C(=O)COc2ccc3c(C)cc(=O)oc3c2)s1. The lowest BCUT2D eigenvalue weighted by Crippen LogP contribution is -2.18. The lowest BCUT2D eigenvalue weighted by molar-refractivity contribution is -0.119. The lowest BCUT2D eigenvalue weighted by atomic mass is 10.1. The predicted octanol–water partition coefficient (Wildman–Crippen LogP) is 3.06. The molecule has 0 fully saturated rings. The molecule has 0 bridgehead atoms. The highest BCUT2D eigenvalue weighted by Crippen LogP contribution is 2.23. The molecule has 3 rings (SSSR count). The number of hydrogen-bond donors (Lipinski definition) is 1. The average molecular weight is 371 g/mol. The van der Waals surface area contributed by atoms with Gasteiger partial charge in [-0.2, -0.15) is 0 Å². The second-order valence-corrected chi connectivity index (χ2v) is 6.96. The Morgan fingerprint density at radius 2 is 2.00 bits per heavy atom. The van der Waals surface area contributed by atoms with Gasteiger partial charge in [0.25, 0.3) is 0 Å². The molecule has 0 aliphatic rings. The largest absolute Gasteiger partial charge is 0.485 e. The first-order valence-corrected chi connectivity index (χ1v) is 8.77. The van der Waals surface area contributed by atoms with Crippen LogP contribution in [0.5, 0.6) is 5.75 Å². The van der Waals surface area contributed by atoms with Gasteiger partial charge in [0.15, 0.2) is 6.61 Å². The molecule has 134 valence electrons. The number of aryl methyl sites for hydroxylation is 1. The number of amides is 1. The quantitative estimate of drug-likeness (QED) is 0.532. The Bertz CT molecular complexity index is 1030. The van der Waals surface area contributed by atoms with E-state index in [9.17, 15) is 14.4 Å². The van der Waals surface area contributed by atoms with Crippen LogP contribution in [0.15, 0.2) is 45.6 Å². The first-order chi connectivity index (χ1) is 12.4. The molecule has 0 atom stereocenters.